The van der Waals surface area contributed by atoms with Gasteiger partial charge in [-0.15, -0.1) is 0 Å². The van der Waals surface area contributed by atoms with Crippen molar-refractivity contribution in [2.24, 2.45) is 0 Å². The van der Waals surface area contributed by atoms with Crippen molar-refractivity contribution in [2.75, 3.05) is 7.11 Å². The van der Waals surface area contributed by atoms with Gasteiger partial charge in [0, 0.05) is 17.5 Å². The Morgan fingerprint density at radius 1 is 0.767 bits per heavy atom. The Balaban J connectivity index is 1.43. The molecule has 0 aliphatic carbocycles. The Morgan fingerprint density at radius 3 is 2.10 bits per heavy atom. The van der Waals surface area contributed by atoms with Crippen molar-refractivity contribution in [2.45, 2.75) is 12.8 Å². The molecule has 0 saturated carbocycles. The van der Waals surface area contributed by atoms with Gasteiger partial charge in [0.25, 0.3) is 0 Å². The summed E-state index contributed by atoms with van der Waals surface area (Å²) in [5, 5.41) is 1.27. The Morgan fingerprint density at radius 2 is 1.40 bits per heavy atom. The average molecular weight is 400 g/mol. The van der Waals surface area contributed by atoms with Crippen molar-refractivity contribution in [3.05, 3.63) is 101 Å². The van der Waals surface area contributed by atoms with Crippen LogP contribution in [0.25, 0.3) is 10.8 Å². The molecule has 0 N–H and O–H groups in total. The van der Waals surface area contributed by atoms with Crippen molar-refractivity contribution in [3.8, 4) is 17.6 Å². The fraction of sp³-hybridized carbons (Fsp3) is 0.120. The maximum atomic E-state index is 13.4. The first kappa shape index (κ1) is 19.5. The Labute approximate surface area is 173 Å². The van der Waals surface area contributed by atoms with Gasteiger partial charge < -0.3 is 4.74 Å². The lowest BCUT2D eigenvalue weighted by Crippen LogP contribution is -1.98. The Hall–Kier alpha value is -3.78. The van der Waals surface area contributed by atoms with Gasteiger partial charge in [-0.05, 0) is 59.2 Å². The fourth-order valence-electron chi connectivity index (χ4n) is 3.05. The molecule has 1 aromatic heterocycles. The van der Waals surface area contributed by atoms with Crippen LogP contribution in [-0.4, -0.2) is 17.1 Å². The van der Waals surface area contributed by atoms with E-state index in [9.17, 15) is 8.78 Å². The topological polar surface area (TPSA) is 35.0 Å². The minimum Gasteiger partial charge on any atom is -0.494 e. The molecule has 0 unspecified atom stereocenters. The van der Waals surface area contributed by atoms with Crippen LogP contribution in [0.4, 0.5) is 8.78 Å². The van der Waals surface area contributed by atoms with Crippen LogP contribution in [0.15, 0.2) is 67.0 Å². The first-order chi connectivity index (χ1) is 14.6. The second-order valence-corrected chi connectivity index (χ2v) is 6.81. The van der Waals surface area contributed by atoms with Gasteiger partial charge in [-0.1, -0.05) is 30.0 Å². The van der Waals surface area contributed by atoms with E-state index in [4.69, 9.17) is 4.74 Å². The largest absolute Gasteiger partial charge is 0.494 e. The monoisotopic (exact) mass is 400 g/mol. The summed E-state index contributed by atoms with van der Waals surface area (Å²) < 4.78 is 31.8. The molecule has 0 atom stereocenters. The number of aromatic nitrogens is 2. The van der Waals surface area contributed by atoms with E-state index in [0.717, 1.165) is 29.8 Å². The first-order valence-corrected chi connectivity index (χ1v) is 9.45. The van der Waals surface area contributed by atoms with Crippen molar-refractivity contribution in [3.63, 3.8) is 0 Å². The third kappa shape index (κ3) is 4.61. The smallest absolute Gasteiger partial charge is 0.159 e. The lowest BCUT2D eigenvalue weighted by atomic mass is 10.1. The van der Waals surface area contributed by atoms with Crippen LogP contribution in [0.3, 0.4) is 0 Å². The number of benzene rings is 3. The van der Waals surface area contributed by atoms with Gasteiger partial charge in [-0.2, -0.15) is 0 Å². The Kier molecular flexibility index (Phi) is 5.67. The fourth-order valence-corrected chi connectivity index (χ4v) is 3.05. The molecular weight excluding hydrogens is 382 g/mol. The van der Waals surface area contributed by atoms with Crippen LogP contribution in [0, 0.1) is 23.5 Å². The second-order valence-electron chi connectivity index (χ2n) is 6.81. The molecule has 5 heteroatoms. The van der Waals surface area contributed by atoms with Crippen molar-refractivity contribution in [1.29, 1.82) is 0 Å². The molecular formula is C25H18F2N2O. The van der Waals surface area contributed by atoms with Crippen LogP contribution < -0.4 is 4.74 Å². The summed E-state index contributed by atoms with van der Waals surface area (Å²) in [5.74, 6) is 5.90. The number of rotatable bonds is 4. The maximum absolute atomic E-state index is 13.4. The van der Waals surface area contributed by atoms with E-state index >= 15 is 0 Å². The van der Waals surface area contributed by atoms with Crippen LogP contribution in [0.1, 0.15) is 22.5 Å². The van der Waals surface area contributed by atoms with Crippen LogP contribution in [0.5, 0.6) is 5.75 Å². The second kappa shape index (κ2) is 8.71. The van der Waals surface area contributed by atoms with Gasteiger partial charge in [0.05, 0.1) is 19.5 Å². The molecule has 3 nitrogen and oxygen atoms in total. The zero-order valence-corrected chi connectivity index (χ0v) is 16.3. The Bertz CT molecular complexity index is 1240. The van der Waals surface area contributed by atoms with Crippen LogP contribution in [-0.2, 0) is 12.8 Å². The van der Waals surface area contributed by atoms with Gasteiger partial charge in [0.15, 0.2) is 17.4 Å². The first-order valence-electron chi connectivity index (χ1n) is 9.45. The highest BCUT2D eigenvalue weighted by atomic mass is 19.2. The van der Waals surface area contributed by atoms with Gasteiger partial charge >= 0.3 is 0 Å². The zero-order valence-electron chi connectivity index (χ0n) is 16.3. The molecule has 148 valence electrons. The van der Waals surface area contributed by atoms with Crippen LogP contribution >= 0.6 is 0 Å². The van der Waals surface area contributed by atoms with E-state index in [0.29, 0.717) is 16.5 Å². The zero-order chi connectivity index (χ0) is 20.9. The summed E-state index contributed by atoms with van der Waals surface area (Å²) >= 11 is 0. The van der Waals surface area contributed by atoms with E-state index in [1.807, 2.05) is 24.3 Å². The summed E-state index contributed by atoms with van der Waals surface area (Å²) in [6.07, 6.45) is 4.90. The standard InChI is InChI=1S/C25H18F2N2O/c1-30-22-15-28-25(29-16-22)11-9-18-4-2-17(3-5-18)6-7-19-8-10-20-13-23(26)24(27)14-21(20)12-19/h2-5,8,10,12-16H,9,11H2,1H3. The molecule has 30 heavy (non-hydrogen) atoms. The number of ether oxygens (including phenoxy) is 1. The maximum Gasteiger partial charge on any atom is 0.159 e. The van der Waals surface area contributed by atoms with E-state index in [1.165, 1.54) is 17.7 Å². The number of aryl methyl sites for hydroxylation is 2. The molecule has 4 aromatic rings. The van der Waals surface area contributed by atoms with E-state index in [1.54, 1.807) is 37.7 Å². The number of methoxy groups -OCH3 is 1. The van der Waals surface area contributed by atoms with Crippen molar-refractivity contribution in [1.82, 2.24) is 9.97 Å². The number of hydrogen-bond donors (Lipinski definition) is 0. The van der Waals surface area contributed by atoms with E-state index in [-0.39, 0.29) is 0 Å². The molecule has 1 heterocycles. The highest BCUT2D eigenvalue weighted by Gasteiger charge is 2.04. The number of halogens is 2. The van der Waals surface area contributed by atoms with E-state index in [2.05, 4.69) is 21.8 Å². The van der Waals surface area contributed by atoms with Gasteiger partial charge in [-0.3, -0.25) is 0 Å². The molecule has 4 rings (SSSR count). The molecule has 3 aromatic carbocycles. The minimum atomic E-state index is -0.858. The van der Waals surface area contributed by atoms with Gasteiger partial charge in [0.1, 0.15) is 5.82 Å². The predicted octanol–water partition coefficient (Wildman–Crippen LogP) is 5.10. The summed E-state index contributed by atoms with van der Waals surface area (Å²) in [7, 11) is 1.59. The molecule has 0 amide bonds. The summed E-state index contributed by atoms with van der Waals surface area (Å²) in [6.45, 7) is 0. The lowest BCUT2D eigenvalue weighted by molar-refractivity contribution is 0.410. The predicted molar refractivity (Wildman–Crippen MR) is 112 cm³/mol. The molecule has 0 aliphatic heterocycles. The highest BCUT2D eigenvalue weighted by molar-refractivity contribution is 5.84. The SMILES string of the molecule is COc1cnc(CCc2ccc(C#Cc3ccc4cc(F)c(F)cc4c3)cc2)nc1. The van der Waals surface area contributed by atoms with Crippen LogP contribution in [0.2, 0.25) is 0 Å². The van der Waals surface area contributed by atoms with Gasteiger partial charge in [0.2, 0.25) is 0 Å². The summed E-state index contributed by atoms with van der Waals surface area (Å²) in [5.41, 5.74) is 2.79. The molecule has 0 fully saturated rings. The highest BCUT2D eigenvalue weighted by Crippen LogP contribution is 2.19. The third-order valence-corrected chi connectivity index (χ3v) is 4.74. The molecule has 0 radical (unpaired) electrons. The summed E-state index contributed by atoms with van der Waals surface area (Å²) in [4.78, 5) is 8.55. The molecule has 0 aliphatic rings. The number of nitrogens with zero attached hydrogens (tertiary/aromatic N) is 2. The number of fused-ring (bicyclic) bond motifs is 1. The van der Waals surface area contributed by atoms with Crippen molar-refractivity contribution < 1.29 is 13.5 Å². The summed E-state index contributed by atoms with van der Waals surface area (Å²) in [6, 6.07) is 15.7. The van der Waals surface area contributed by atoms with Gasteiger partial charge in [-0.25, -0.2) is 18.7 Å². The molecule has 0 bridgehead atoms. The third-order valence-electron chi connectivity index (χ3n) is 4.74. The van der Waals surface area contributed by atoms with Crippen molar-refractivity contribution >= 4 is 10.8 Å². The minimum absolute atomic E-state index is 0.622. The van der Waals surface area contributed by atoms with E-state index < -0.39 is 11.6 Å². The quantitative estimate of drug-likeness (QED) is 0.447. The number of hydrogen-bond acceptors (Lipinski definition) is 3. The molecule has 0 spiro atoms. The average Bonchev–Trinajstić information content (AvgIpc) is 2.78. The lowest BCUT2D eigenvalue weighted by Gasteiger charge is -2.03. The normalized spacial score (nSPS) is 10.5. The molecule has 0 saturated heterocycles.